The van der Waals surface area contributed by atoms with Gasteiger partial charge in [-0.1, -0.05) is 30.7 Å². The smallest absolute Gasteiger partial charge is 0.250 e. The summed E-state index contributed by atoms with van der Waals surface area (Å²) in [5, 5.41) is 0.656. The summed E-state index contributed by atoms with van der Waals surface area (Å²) in [6.45, 7) is 7.79. The highest BCUT2D eigenvalue weighted by Crippen LogP contribution is 2.29. The molecule has 2 unspecified atom stereocenters. The lowest BCUT2D eigenvalue weighted by atomic mass is 9.94. The zero-order valence-electron chi connectivity index (χ0n) is 14.9. The average Bonchev–Trinajstić information content (AvgIpc) is 2.54. The van der Waals surface area contributed by atoms with Gasteiger partial charge in [0.05, 0.1) is 18.1 Å². The molecule has 0 aliphatic rings. The molecule has 0 bridgehead atoms. The Kier molecular flexibility index (Phi) is 6.68. The second kappa shape index (κ2) is 8.36. The molecule has 0 saturated carbocycles. The number of benzene rings is 1. The van der Waals surface area contributed by atoms with Gasteiger partial charge in [0.15, 0.2) is 0 Å². The van der Waals surface area contributed by atoms with E-state index in [-0.39, 0.29) is 22.3 Å². The Morgan fingerprint density at radius 1 is 1.32 bits per heavy atom. The summed E-state index contributed by atoms with van der Waals surface area (Å²) in [5.41, 5.74) is 1.54. The maximum atomic E-state index is 12.6. The third-order valence-electron chi connectivity index (χ3n) is 3.87. The van der Waals surface area contributed by atoms with E-state index in [0.717, 1.165) is 5.56 Å². The number of rotatable bonds is 6. The van der Waals surface area contributed by atoms with Crippen LogP contribution in [-0.2, 0) is 11.4 Å². The average molecular weight is 382 g/mol. The summed E-state index contributed by atoms with van der Waals surface area (Å²) in [6, 6.07) is 8.86. The minimum Gasteiger partial charge on any atom is -0.598 e. The fourth-order valence-electron chi connectivity index (χ4n) is 2.38. The van der Waals surface area contributed by atoms with Gasteiger partial charge in [-0.05, 0) is 44.9 Å². The number of H-pyrrole nitrogens is 1. The Bertz CT molecular complexity index is 743. The molecular weight excluding hydrogens is 358 g/mol. The normalized spacial score (nSPS) is 15.6. The number of hydrogen-bond acceptors (Lipinski definition) is 4. The first-order valence-corrected chi connectivity index (χ1v) is 9.67. The number of aromatic amines is 1. The molecule has 2 aromatic rings. The van der Waals surface area contributed by atoms with Gasteiger partial charge in [-0.2, -0.15) is 0 Å². The maximum Gasteiger partial charge on any atom is 0.250 e. The minimum absolute atomic E-state index is 0.0208. The van der Waals surface area contributed by atoms with E-state index in [0.29, 0.717) is 17.1 Å². The first-order valence-electron chi connectivity index (χ1n) is 8.15. The van der Waals surface area contributed by atoms with Gasteiger partial charge >= 0.3 is 0 Å². The van der Waals surface area contributed by atoms with E-state index in [2.05, 4.69) is 14.7 Å². The van der Waals surface area contributed by atoms with Crippen LogP contribution in [0.15, 0.2) is 41.5 Å². The van der Waals surface area contributed by atoms with Crippen LogP contribution in [0.1, 0.15) is 57.3 Å². The monoisotopic (exact) mass is 381 g/mol. The summed E-state index contributed by atoms with van der Waals surface area (Å²) >= 11 is 4.76. The van der Waals surface area contributed by atoms with Crippen LogP contribution in [0.5, 0.6) is 0 Å². The van der Waals surface area contributed by atoms with Crippen molar-refractivity contribution in [2.45, 2.75) is 50.8 Å². The van der Waals surface area contributed by atoms with Crippen molar-refractivity contribution in [2.75, 3.05) is 0 Å². The molecule has 1 aromatic heterocycles. The van der Waals surface area contributed by atoms with Gasteiger partial charge < -0.3 is 9.54 Å². The molecular formula is C18H24ClN3O2S. The van der Waals surface area contributed by atoms with Crippen molar-refractivity contribution in [2.24, 2.45) is 0 Å². The molecule has 0 radical (unpaired) electrons. The fraction of sp³-hybridized carbons (Fsp3) is 0.444. The van der Waals surface area contributed by atoms with E-state index >= 15 is 0 Å². The molecule has 0 aliphatic heterocycles. The molecule has 0 aliphatic carbocycles. The van der Waals surface area contributed by atoms with Gasteiger partial charge in [0, 0.05) is 28.4 Å². The summed E-state index contributed by atoms with van der Waals surface area (Å²) < 4.78 is 15.4. The Hall–Kier alpha value is -1.34. The number of halogens is 1. The highest BCUT2D eigenvalue weighted by Gasteiger charge is 2.30. The fourth-order valence-corrected chi connectivity index (χ4v) is 3.35. The van der Waals surface area contributed by atoms with E-state index in [1.807, 2.05) is 52.0 Å². The molecule has 0 amide bonds. The van der Waals surface area contributed by atoms with Crippen LogP contribution in [0.4, 0.5) is 0 Å². The molecule has 0 fully saturated rings. The maximum absolute atomic E-state index is 12.6. The Balaban J connectivity index is 2.24. The number of aromatic nitrogens is 2. The van der Waals surface area contributed by atoms with Crippen LogP contribution in [0.25, 0.3) is 0 Å². The number of hydrogen-bond donors (Lipinski definition) is 2. The van der Waals surface area contributed by atoms with E-state index in [1.54, 1.807) is 0 Å². The zero-order valence-corrected chi connectivity index (χ0v) is 16.4. The predicted octanol–water partition coefficient (Wildman–Crippen LogP) is 3.71. The van der Waals surface area contributed by atoms with E-state index in [9.17, 15) is 9.35 Å². The van der Waals surface area contributed by atoms with Gasteiger partial charge in [0.2, 0.25) is 0 Å². The summed E-state index contributed by atoms with van der Waals surface area (Å²) in [6.07, 6.45) is 2.06. The van der Waals surface area contributed by atoms with Crippen LogP contribution in [-0.4, -0.2) is 19.3 Å². The number of nitrogens with one attached hydrogen (secondary N) is 2. The highest BCUT2D eigenvalue weighted by molar-refractivity contribution is 7.90. The third kappa shape index (κ3) is 5.85. The molecule has 5 nitrogen and oxygen atoms in total. The molecule has 1 heterocycles. The second-order valence-corrected chi connectivity index (χ2v) is 9.51. The van der Waals surface area contributed by atoms with Crippen LogP contribution < -0.4 is 10.3 Å². The standard InChI is InChI=1S/C18H24ClN3O2S/c1-12(15-10-17(23)21-11-20-15)9-16(22-25(24)18(2,3)4)13-5-7-14(19)8-6-13/h5-8,10-12,16,22H,9H2,1-4H3,(H,20,21,23)/t12?,16-,25?/m0/s1. The lowest BCUT2D eigenvalue weighted by Gasteiger charge is -2.29. The van der Waals surface area contributed by atoms with E-state index in [1.165, 1.54) is 12.4 Å². The van der Waals surface area contributed by atoms with Crippen molar-refractivity contribution >= 4 is 23.0 Å². The molecule has 3 atom stereocenters. The lowest BCUT2D eigenvalue weighted by Crippen LogP contribution is -2.41. The van der Waals surface area contributed by atoms with Crippen LogP contribution >= 0.6 is 11.6 Å². The van der Waals surface area contributed by atoms with E-state index < -0.39 is 11.4 Å². The highest BCUT2D eigenvalue weighted by atomic mass is 35.5. The molecule has 2 rings (SSSR count). The molecule has 7 heteroatoms. The molecule has 0 saturated heterocycles. The van der Waals surface area contributed by atoms with Gasteiger partial charge in [0.1, 0.15) is 4.75 Å². The summed E-state index contributed by atoms with van der Waals surface area (Å²) in [7, 11) is 0. The number of nitrogens with zero attached hydrogens (tertiary/aromatic N) is 1. The van der Waals surface area contributed by atoms with Crippen LogP contribution in [0, 0.1) is 0 Å². The minimum atomic E-state index is -1.22. The first-order chi connectivity index (χ1) is 11.7. The van der Waals surface area contributed by atoms with Gasteiger partial charge in [-0.3, -0.25) is 4.79 Å². The SMILES string of the molecule is CC(C[C@H](N[S+]([O-])C(C)(C)C)c1ccc(Cl)cc1)c1cc(=O)[nH]cn1. The molecule has 1 aromatic carbocycles. The molecule has 0 spiro atoms. The lowest BCUT2D eigenvalue weighted by molar-refractivity contribution is 0.489. The van der Waals surface area contributed by atoms with E-state index in [4.69, 9.17) is 11.6 Å². The molecule has 136 valence electrons. The van der Waals surface area contributed by atoms with Gasteiger partial charge in [-0.25, -0.2) is 4.98 Å². The van der Waals surface area contributed by atoms with Crippen molar-refractivity contribution in [1.29, 1.82) is 0 Å². The second-order valence-electron chi connectivity index (χ2n) is 7.08. The van der Waals surface area contributed by atoms with Crippen LogP contribution in [0.3, 0.4) is 0 Å². The Labute approximate surface area is 156 Å². The Morgan fingerprint density at radius 2 is 1.96 bits per heavy atom. The van der Waals surface area contributed by atoms with Crippen molar-refractivity contribution < 1.29 is 4.55 Å². The van der Waals surface area contributed by atoms with Crippen molar-refractivity contribution in [3.05, 3.63) is 63.3 Å². The summed E-state index contributed by atoms with van der Waals surface area (Å²) in [4.78, 5) is 18.3. The molecule has 25 heavy (non-hydrogen) atoms. The first kappa shape index (κ1) is 20.0. The largest absolute Gasteiger partial charge is 0.598 e. The van der Waals surface area contributed by atoms with Gasteiger partial charge in [0.25, 0.3) is 5.56 Å². The van der Waals surface area contributed by atoms with Crippen molar-refractivity contribution in [3.63, 3.8) is 0 Å². The summed E-state index contributed by atoms with van der Waals surface area (Å²) in [5.74, 6) is 0.0208. The van der Waals surface area contributed by atoms with Gasteiger partial charge in [-0.15, -0.1) is 4.72 Å². The zero-order chi connectivity index (χ0) is 18.6. The third-order valence-corrected chi connectivity index (χ3v) is 5.73. The van der Waals surface area contributed by atoms with Crippen molar-refractivity contribution in [3.8, 4) is 0 Å². The van der Waals surface area contributed by atoms with Crippen LogP contribution in [0.2, 0.25) is 5.02 Å². The van der Waals surface area contributed by atoms with Crippen molar-refractivity contribution in [1.82, 2.24) is 14.7 Å². The molecule has 2 N–H and O–H groups in total. The topological polar surface area (TPSA) is 80.8 Å². The quantitative estimate of drug-likeness (QED) is 0.747. The Morgan fingerprint density at radius 3 is 2.52 bits per heavy atom. The predicted molar refractivity (Wildman–Crippen MR) is 103 cm³/mol.